The Kier molecular flexibility index (Phi) is 29.6. The van der Waals surface area contributed by atoms with Gasteiger partial charge in [-0.3, -0.25) is 9.59 Å². The first-order chi connectivity index (χ1) is 18.6. The third kappa shape index (κ3) is 27.9. The van der Waals surface area contributed by atoms with Crippen molar-refractivity contribution < 1.29 is 23.8 Å². The first-order valence-corrected chi connectivity index (χ1v) is 16.6. The quantitative estimate of drug-likeness (QED) is 0.0670. The number of rotatable bonds is 30. The SMILES string of the molecule is CCCCCCCCCCCCCC(=O)OCC(COCCCCCCCC)OC(=O)CCCCCCC. The van der Waals surface area contributed by atoms with Gasteiger partial charge in [-0.25, -0.2) is 0 Å². The van der Waals surface area contributed by atoms with Crippen LogP contribution >= 0.6 is 0 Å². The Labute approximate surface area is 236 Å². The summed E-state index contributed by atoms with van der Waals surface area (Å²) in [5, 5.41) is 0. The van der Waals surface area contributed by atoms with E-state index in [9.17, 15) is 9.59 Å². The van der Waals surface area contributed by atoms with Crippen LogP contribution in [-0.4, -0.2) is 37.9 Å². The van der Waals surface area contributed by atoms with Crippen LogP contribution in [0.25, 0.3) is 0 Å². The second-order valence-electron chi connectivity index (χ2n) is 11.1. The number of carbonyl (C=O) groups is 2. The molecule has 0 aliphatic rings. The highest BCUT2D eigenvalue weighted by Crippen LogP contribution is 2.13. The van der Waals surface area contributed by atoms with Crippen molar-refractivity contribution in [2.24, 2.45) is 0 Å². The minimum atomic E-state index is -0.514. The first-order valence-electron chi connectivity index (χ1n) is 16.6. The van der Waals surface area contributed by atoms with Gasteiger partial charge in [-0.05, 0) is 19.3 Å². The third-order valence-electron chi connectivity index (χ3n) is 7.14. The fraction of sp³-hybridized carbons (Fsp3) is 0.939. The highest BCUT2D eigenvalue weighted by atomic mass is 16.6. The van der Waals surface area contributed by atoms with Crippen molar-refractivity contribution >= 4 is 11.9 Å². The lowest BCUT2D eigenvalue weighted by molar-refractivity contribution is -0.163. The Bertz CT molecular complexity index is 508. The summed E-state index contributed by atoms with van der Waals surface area (Å²) < 4.78 is 16.9. The Morgan fingerprint density at radius 1 is 0.474 bits per heavy atom. The van der Waals surface area contributed by atoms with Gasteiger partial charge < -0.3 is 14.2 Å². The Morgan fingerprint density at radius 3 is 1.34 bits per heavy atom. The highest BCUT2D eigenvalue weighted by molar-refractivity contribution is 5.70. The van der Waals surface area contributed by atoms with Crippen LogP contribution in [0, 0.1) is 0 Å². The second kappa shape index (κ2) is 30.4. The zero-order valence-electron chi connectivity index (χ0n) is 25.7. The molecule has 0 amide bonds. The molecule has 0 aromatic carbocycles. The van der Waals surface area contributed by atoms with Crippen molar-refractivity contribution in [1.29, 1.82) is 0 Å². The van der Waals surface area contributed by atoms with Gasteiger partial charge in [0.1, 0.15) is 6.61 Å². The Balaban J connectivity index is 4.09. The highest BCUT2D eigenvalue weighted by Gasteiger charge is 2.17. The number of unbranched alkanes of at least 4 members (excludes halogenated alkanes) is 19. The molecular weight excluding hydrogens is 476 g/mol. The lowest BCUT2D eigenvalue weighted by atomic mass is 10.1. The van der Waals surface area contributed by atoms with Crippen LogP contribution < -0.4 is 0 Å². The van der Waals surface area contributed by atoms with E-state index in [4.69, 9.17) is 14.2 Å². The molecule has 0 heterocycles. The molecule has 5 nitrogen and oxygen atoms in total. The predicted octanol–water partition coefficient (Wildman–Crippen LogP) is 9.88. The molecule has 0 bridgehead atoms. The molecule has 5 heteroatoms. The average molecular weight is 541 g/mol. The summed E-state index contributed by atoms with van der Waals surface area (Å²) in [6, 6.07) is 0. The van der Waals surface area contributed by atoms with E-state index in [1.54, 1.807) is 0 Å². The molecule has 0 radical (unpaired) electrons. The largest absolute Gasteiger partial charge is 0.462 e. The second-order valence-corrected chi connectivity index (χ2v) is 11.1. The van der Waals surface area contributed by atoms with E-state index in [-0.39, 0.29) is 18.5 Å². The van der Waals surface area contributed by atoms with Crippen molar-refractivity contribution in [3.05, 3.63) is 0 Å². The molecule has 0 aromatic heterocycles. The minimum Gasteiger partial charge on any atom is -0.462 e. The minimum absolute atomic E-state index is 0.0922. The topological polar surface area (TPSA) is 61.8 Å². The van der Waals surface area contributed by atoms with Crippen molar-refractivity contribution in [3.8, 4) is 0 Å². The van der Waals surface area contributed by atoms with Crippen LogP contribution in [0.2, 0.25) is 0 Å². The maximum Gasteiger partial charge on any atom is 0.306 e. The normalized spacial score (nSPS) is 12.0. The van der Waals surface area contributed by atoms with E-state index in [1.807, 2.05) is 0 Å². The zero-order chi connectivity index (χ0) is 27.9. The lowest BCUT2D eigenvalue weighted by Gasteiger charge is -2.18. The fourth-order valence-corrected chi connectivity index (χ4v) is 4.62. The van der Waals surface area contributed by atoms with Gasteiger partial charge in [0.25, 0.3) is 0 Å². The van der Waals surface area contributed by atoms with Crippen LogP contribution in [0.5, 0.6) is 0 Å². The number of esters is 2. The summed E-state index contributed by atoms with van der Waals surface area (Å²) in [5.74, 6) is -0.409. The molecular formula is C33H64O5. The van der Waals surface area contributed by atoms with Crippen LogP contribution in [-0.2, 0) is 23.8 Å². The van der Waals surface area contributed by atoms with Gasteiger partial charge in [0.2, 0.25) is 0 Å². The summed E-state index contributed by atoms with van der Waals surface area (Å²) in [6.45, 7) is 7.71. The molecule has 1 atom stereocenters. The van der Waals surface area contributed by atoms with E-state index in [1.165, 1.54) is 96.3 Å². The van der Waals surface area contributed by atoms with E-state index < -0.39 is 6.10 Å². The van der Waals surface area contributed by atoms with E-state index in [0.29, 0.717) is 26.1 Å². The number of hydrogen-bond donors (Lipinski definition) is 0. The summed E-state index contributed by atoms with van der Waals surface area (Å²) >= 11 is 0. The van der Waals surface area contributed by atoms with Crippen molar-refractivity contribution in [3.63, 3.8) is 0 Å². The molecule has 0 aliphatic carbocycles. The summed E-state index contributed by atoms with van der Waals surface area (Å²) in [7, 11) is 0. The van der Waals surface area contributed by atoms with Gasteiger partial charge in [0, 0.05) is 19.4 Å². The average Bonchev–Trinajstić information content (AvgIpc) is 2.91. The lowest BCUT2D eigenvalue weighted by Crippen LogP contribution is -2.30. The van der Waals surface area contributed by atoms with Gasteiger partial charge in [0.15, 0.2) is 6.10 Å². The molecule has 38 heavy (non-hydrogen) atoms. The predicted molar refractivity (Wildman–Crippen MR) is 159 cm³/mol. The van der Waals surface area contributed by atoms with E-state index >= 15 is 0 Å². The first kappa shape index (κ1) is 36.9. The van der Waals surface area contributed by atoms with Crippen molar-refractivity contribution in [2.75, 3.05) is 19.8 Å². The molecule has 0 N–H and O–H groups in total. The maximum absolute atomic E-state index is 12.3. The Hall–Kier alpha value is -1.10. The van der Waals surface area contributed by atoms with Gasteiger partial charge >= 0.3 is 11.9 Å². The van der Waals surface area contributed by atoms with E-state index in [2.05, 4.69) is 20.8 Å². The smallest absolute Gasteiger partial charge is 0.306 e. The monoisotopic (exact) mass is 540 g/mol. The zero-order valence-corrected chi connectivity index (χ0v) is 25.7. The molecule has 0 saturated heterocycles. The summed E-state index contributed by atoms with van der Waals surface area (Å²) in [5.41, 5.74) is 0. The number of hydrogen-bond acceptors (Lipinski definition) is 5. The Morgan fingerprint density at radius 2 is 0.868 bits per heavy atom. The van der Waals surface area contributed by atoms with E-state index in [0.717, 1.165) is 44.9 Å². The van der Waals surface area contributed by atoms with Crippen LogP contribution in [0.15, 0.2) is 0 Å². The van der Waals surface area contributed by atoms with Gasteiger partial charge in [-0.2, -0.15) is 0 Å². The molecule has 1 unspecified atom stereocenters. The van der Waals surface area contributed by atoms with Gasteiger partial charge in [-0.1, -0.05) is 143 Å². The molecule has 0 aromatic rings. The standard InChI is InChI=1S/C33H64O5/c1-4-7-10-13-15-16-17-18-19-21-23-26-32(34)37-30-31(29-36-28-25-22-14-11-8-5-2)38-33(35)27-24-20-12-9-6-3/h31H,4-30H2,1-3H3. The van der Waals surface area contributed by atoms with Crippen LogP contribution in [0.1, 0.15) is 175 Å². The van der Waals surface area contributed by atoms with Crippen LogP contribution in [0.3, 0.4) is 0 Å². The third-order valence-corrected chi connectivity index (χ3v) is 7.14. The molecule has 0 saturated carbocycles. The van der Waals surface area contributed by atoms with Crippen LogP contribution in [0.4, 0.5) is 0 Å². The van der Waals surface area contributed by atoms with Crippen molar-refractivity contribution in [1.82, 2.24) is 0 Å². The maximum atomic E-state index is 12.3. The number of carbonyl (C=O) groups excluding carboxylic acids is 2. The molecule has 0 spiro atoms. The number of ether oxygens (including phenoxy) is 3. The van der Waals surface area contributed by atoms with Gasteiger partial charge in [0.05, 0.1) is 6.61 Å². The van der Waals surface area contributed by atoms with Gasteiger partial charge in [-0.15, -0.1) is 0 Å². The molecule has 0 rings (SSSR count). The summed E-state index contributed by atoms with van der Waals surface area (Å²) in [6.07, 6.45) is 26.9. The summed E-state index contributed by atoms with van der Waals surface area (Å²) in [4.78, 5) is 24.6. The molecule has 0 fully saturated rings. The fourth-order valence-electron chi connectivity index (χ4n) is 4.62. The molecule has 226 valence electrons. The molecule has 0 aliphatic heterocycles. The van der Waals surface area contributed by atoms with Crippen molar-refractivity contribution in [2.45, 2.75) is 181 Å².